The van der Waals surface area contributed by atoms with Gasteiger partial charge in [0, 0.05) is 12.1 Å². The Morgan fingerprint density at radius 1 is 0.897 bits per heavy atom. The van der Waals surface area contributed by atoms with E-state index in [1.807, 2.05) is 19.1 Å². The highest BCUT2D eigenvalue weighted by atomic mass is 16.6. The van der Waals surface area contributed by atoms with Gasteiger partial charge in [0.05, 0.1) is 22.3 Å². The zero-order chi connectivity index (χ0) is 28.2. The van der Waals surface area contributed by atoms with E-state index in [-0.39, 0.29) is 28.8 Å². The van der Waals surface area contributed by atoms with E-state index < -0.39 is 10.9 Å². The van der Waals surface area contributed by atoms with Crippen LogP contribution in [0.15, 0.2) is 60.7 Å². The molecule has 0 heterocycles. The third kappa shape index (κ3) is 8.84. The van der Waals surface area contributed by atoms with Crippen LogP contribution in [-0.2, 0) is 6.42 Å². The van der Waals surface area contributed by atoms with E-state index in [9.17, 15) is 14.9 Å². The fraction of sp³-hybridized carbons (Fsp3) is 0.406. The molecule has 3 rings (SSSR count). The largest absolute Gasteiger partial charge is 0.484 e. The Labute approximate surface area is 231 Å². The van der Waals surface area contributed by atoms with Crippen molar-refractivity contribution in [2.75, 3.05) is 5.73 Å². The van der Waals surface area contributed by atoms with Crippen LogP contribution in [-0.4, -0.2) is 17.0 Å². The van der Waals surface area contributed by atoms with Crippen molar-refractivity contribution >= 4 is 17.3 Å². The summed E-state index contributed by atoms with van der Waals surface area (Å²) in [5, 5.41) is 11.7. The van der Waals surface area contributed by atoms with E-state index >= 15 is 0 Å². The van der Waals surface area contributed by atoms with Crippen LogP contribution in [0.25, 0.3) is 11.1 Å². The number of nitro groups is 1. The first-order valence-electron chi connectivity index (χ1n) is 14.0. The van der Waals surface area contributed by atoms with Crippen molar-refractivity contribution in [1.82, 2.24) is 0 Å². The molecular weight excluding hydrogens is 492 g/mol. The van der Waals surface area contributed by atoms with Crippen molar-refractivity contribution in [3.8, 4) is 22.6 Å². The third-order valence-corrected chi connectivity index (χ3v) is 6.76. The number of anilines is 1. The van der Waals surface area contributed by atoms with Crippen molar-refractivity contribution in [3.05, 3.63) is 81.9 Å². The number of carbonyl (C=O) groups is 1. The number of hydrogen-bond donors (Lipinski definition) is 1. The van der Waals surface area contributed by atoms with E-state index in [4.69, 9.17) is 15.2 Å². The van der Waals surface area contributed by atoms with Crippen LogP contribution >= 0.6 is 0 Å². The molecule has 7 heteroatoms. The molecule has 7 nitrogen and oxygen atoms in total. The molecule has 39 heavy (non-hydrogen) atoms. The SMILES string of the molecule is CCCCCCC(C)Oc1cc(N)c(C(=O)Oc2ccc(-c3ccc(CCCCC)cc3)cc2)cc1[N+](=O)[O-]. The van der Waals surface area contributed by atoms with Gasteiger partial charge in [0.15, 0.2) is 5.75 Å². The van der Waals surface area contributed by atoms with Gasteiger partial charge < -0.3 is 15.2 Å². The number of benzene rings is 3. The summed E-state index contributed by atoms with van der Waals surface area (Å²) >= 11 is 0. The monoisotopic (exact) mass is 532 g/mol. The second kappa shape index (κ2) is 14.9. The van der Waals surface area contributed by atoms with Gasteiger partial charge in [0.2, 0.25) is 0 Å². The van der Waals surface area contributed by atoms with Gasteiger partial charge in [-0.3, -0.25) is 10.1 Å². The highest BCUT2D eigenvalue weighted by Gasteiger charge is 2.24. The number of aryl methyl sites for hydroxylation is 1. The van der Waals surface area contributed by atoms with Gasteiger partial charge in [-0.25, -0.2) is 4.79 Å². The average molecular weight is 533 g/mol. The van der Waals surface area contributed by atoms with Gasteiger partial charge in [0.25, 0.3) is 0 Å². The summed E-state index contributed by atoms with van der Waals surface area (Å²) in [6.07, 6.45) is 9.62. The van der Waals surface area contributed by atoms with E-state index in [0.717, 1.165) is 55.7 Å². The number of nitrogens with zero attached hydrogens (tertiary/aromatic N) is 1. The highest BCUT2D eigenvalue weighted by molar-refractivity contribution is 5.97. The molecule has 208 valence electrons. The molecule has 1 atom stereocenters. The van der Waals surface area contributed by atoms with Crippen LogP contribution in [0, 0.1) is 10.1 Å². The minimum absolute atomic E-state index is 0.0535. The number of ether oxygens (including phenoxy) is 2. The lowest BCUT2D eigenvalue weighted by Crippen LogP contribution is -2.15. The molecule has 0 aliphatic rings. The lowest BCUT2D eigenvalue weighted by molar-refractivity contribution is -0.386. The summed E-state index contributed by atoms with van der Waals surface area (Å²) in [4.78, 5) is 24.0. The first-order chi connectivity index (χ1) is 18.8. The maximum atomic E-state index is 12.9. The van der Waals surface area contributed by atoms with Crippen LogP contribution in [0.4, 0.5) is 11.4 Å². The average Bonchev–Trinajstić information content (AvgIpc) is 2.92. The van der Waals surface area contributed by atoms with E-state index in [1.54, 1.807) is 12.1 Å². The fourth-order valence-electron chi connectivity index (χ4n) is 4.45. The van der Waals surface area contributed by atoms with Crippen molar-refractivity contribution in [3.63, 3.8) is 0 Å². The number of esters is 1. The molecule has 0 bridgehead atoms. The van der Waals surface area contributed by atoms with Crippen LogP contribution in [0.1, 0.15) is 88.1 Å². The molecule has 0 saturated carbocycles. The number of nitro benzene ring substituents is 1. The van der Waals surface area contributed by atoms with E-state index in [0.29, 0.717) is 5.75 Å². The Morgan fingerprint density at radius 3 is 2.13 bits per heavy atom. The molecule has 0 aliphatic heterocycles. The number of unbranched alkanes of at least 4 members (excludes halogenated alkanes) is 5. The molecule has 1 unspecified atom stereocenters. The number of hydrogen-bond acceptors (Lipinski definition) is 6. The Bertz CT molecular complexity index is 1220. The molecule has 0 amide bonds. The van der Waals surface area contributed by atoms with Gasteiger partial charge in [-0.05, 0) is 61.4 Å². The Morgan fingerprint density at radius 2 is 1.51 bits per heavy atom. The van der Waals surface area contributed by atoms with Crippen LogP contribution in [0.2, 0.25) is 0 Å². The van der Waals surface area contributed by atoms with Gasteiger partial charge in [-0.2, -0.15) is 0 Å². The van der Waals surface area contributed by atoms with Crippen molar-refractivity contribution in [1.29, 1.82) is 0 Å². The Kier molecular flexibility index (Phi) is 11.3. The number of rotatable bonds is 15. The molecule has 0 aliphatic carbocycles. The van der Waals surface area contributed by atoms with Gasteiger partial charge >= 0.3 is 11.7 Å². The minimum Gasteiger partial charge on any atom is -0.484 e. The van der Waals surface area contributed by atoms with Crippen LogP contribution in [0.5, 0.6) is 11.5 Å². The van der Waals surface area contributed by atoms with E-state index in [2.05, 4.69) is 38.1 Å². The predicted octanol–water partition coefficient (Wildman–Crippen LogP) is 8.53. The highest BCUT2D eigenvalue weighted by Crippen LogP contribution is 2.34. The standard InChI is InChI=1S/C32H40N2O5/c1-4-6-8-10-11-23(3)38-31-22-29(33)28(21-30(31)34(36)37)32(35)39-27-19-17-26(18-20-27)25-15-13-24(14-16-25)12-9-7-5-2/h13-23H,4-12,33H2,1-3H3. The molecule has 0 saturated heterocycles. The summed E-state index contributed by atoms with van der Waals surface area (Å²) < 4.78 is 11.3. The van der Waals surface area contributed by atoms with Crippen LogP contribution in [0.3, 0.4) is 0 Å². The van der Waals surface area contributed by atoms with Gasteiger partial charge in [0.1, 0.15) is 5.75 Å². The summed E-state index contributed by atoms with van der Waals surface area (Å²) in [6, 6.07) is 18.1. The molecular formula is C32H40N2O5. The molecule has 0 spiro atoms. The summed E-state index contributed by atoms with van der Waals surface area (Å²) in [5.74, 6) is -0.389. The number of nitrogen functional groups attached to an aromatic ring is 1. The first-order valence-corrected chi connectivity index (χ1v) is 14.0. The molecule has 0 radical (unpaired) electrons. The lowest BCUT2D eigenvalue weighted by atomic mass is 10.0. The Hall–Kier alpha value is -3.87. The fourth-order valence-corrected chi connectivity index (χ4v) is 4.45. The summed E-state index contributed by atoms with van der Waals surface area (Å²) in [5.41, 5.74) is 9.17. The van der Waals surface area contributed by atoms with Crippen molar-refractivity contribution in [2.24, 2.45) is 0 Å². The summed E-state index contributed by atoms with van der Waals surface area (Å²) in [6.45, 7) is 6.22. The second-order valence-corrected chi connectivity index (χ2v) is 10.0. The molecule has 3 aromatic carbocycles. The predicted molar refractivity (Wildman–Crippen MR) is 156 cm³/mol. The Balaban J connectivity index is 1.67. The van der Waals surface area contributed by atoms with E-state index in [1.165, 1.54) is 30.9 Å². The molecule has 2 N–H and O–H groups in total. The van der Waals surface area contributed by atoms with Crippen molar-refractivity contribution < 1.29 is 19.2 Å². The number of nitrogens with two attached hydrogens (primary N) is 1. The number of carbonyl (C=O) groups excluding carboxylic acids is 1. The molecule has 0 aromatic heterocycles. The van der Waals surface area contributed by atoms with Gasteiger partial charge in [-0.1, -0.05) is 82.3 Å². The second-order valence-electron chi connectivity index (χ2n) is 10.0. The van der Waals surface area contributed by atoms with Gasteiger partial charge in [-0.15, -0.1) is 0 Å². The smallest absolute Gasteiger partial charge is 0.345 e. The topological polar surface area (TPSA) is 105 Å². The maximum Gasteiger partial charge on any atom is 0.345 e. The zero-order valence-corrected chi connectivity index (χ0v) is 23.3. The zero-order valence-electron chi connectivity index (χ0n) is 23.3. The summed E-state index contributed by atoms with van der Waals surface area (Å²) in [7, 11) is 0. The minimum atomic E-state index is -0.765. The first kappa shape index (κ1) is 29.7. The lowest BCUT2D eigenvalue weighted by Gasteiger charge is -2.16. The normalized spacial score (nSPS) is 11.7. The third-order valence-electron chi connectivity index (χ3n) is 6.76. The molecule has 3 aromatic rings. The van der Waals surface area contributed by atoms with Crippen LogP contribution < -0.4 is 15.2 Å². The maximum absolute atomic E-state index is 12.9. The quantitative estimate of drug-likeness (QED) is 0.0525. The molecule has 0 fully saturated rings. The van der Waals surface area contributed by atoms with Crippen molar-refractivity contribution in [2.45, 2.75) is 84.7 Å².